The molecule has 2 rings (SSSR count). The van der Waals surface area contributed by atoms with Crippen molar-refractivity contribution in [3.8, 4) is 0 Å². The van der Waals surface area contributed by atoms with Crippen molar-refractivity contribution in [2.45, 2.75) is 12.5 Å². The Morgan fingerprint density at radius 1 is 1.50 bits per heavy atom. The van der Waals surface area contributed by atoms with E-state index in [0.29, 0.717) is 6.54 Å². The van der Waals surface area contributed by atoms with Gasteiger partial charge in [-0.25, -0.2) is 4.98 Å². The molecule has 0 amide bonds. The number of aromatic nitrogens is 3. The zero-order chi connectivity index (χ0) is 9.97. The molecule has 0 bridgehead atoms. The third kappa shape index (κ3) is 1.59. The predicted molar refractivity (Wildman–Crippen MR) is 54.5 cm³/mol. The Hall–Kier alpha value is -1.46. The summed E-state index contributed by atoms with van der Waals surface area (Å²) in [5, 5.41) is 0. The second kappa shape index (κ2) is 3.73. The van der Waals surface area contributed by atoms with Crippen LogP contribution in [0.5, 0.6) is 0 Å². The molecule has 74 valence electrons. The maximum Gasteiger partial charge on any atom is 0.124 e. The summed E-state index contributed by atoms with van der Waals surface area (Å²) in [4.78, 5) is 11.5. The van der Waals surface area contributed by atoms with Gasteiger partial charge in [0.05, 0.1) is 17.8 Å². The van der Waals surface area contributed by atoms with E-state index in [1.165, 1.54) is 0 Å². The van der Waals surface area contributed by atoms with Crippen LogP contribution < -0.4 is 11.5 Å². The molecule has 14 heavy (non-hydrogen) atoms. The molecule has 5 heteroatoms. The minimum atomic E-state index is -0.118. The molecule has 0 radical (unpaired) electrons. The van der Waals surface area contributed by atoms with Gasteiger partial charge in [-0.1, -0.05) is 0 Å². The molecular weight excluding hydrogens is 178 g/mol. The molecule has 1 unspecified atom stereocenters. The minimum absolute atomic E-state index is 0.118. The first-order valence-corrected chi connectivity index (χ1v) is 4.56. The Bertz CT molecular complexity index is 389. The molecule has 0 aliphatic carbocycles. The molecule has 0 spiro atoms. The van der Waals surface area contributed by atoms with Gasteiger partial charge in [0.15, 0.2) is 0 Å². The smallest absolute Gasteiger partial charge is 0.124 e. The van der Waals surface area contributed by atoms with Gasteiger partial charge >= 0.3 is 0 Å². The Balaban J connectivity index is 2.35. The first kappa shape index (κ1) is 9.11. The molecule has 2 aromatic heterocycles. The van der Waals surface area contributed by atoms with E-state index in [9.17, 15) is 0 Å². The van der Waals surface area contributed by atoms with Crippen LogP contribution in [-0.2, 0) is 0 Å². The lowest BCUT2D eigenvalue weighted by Crippen LogP contribution is -2.16. The van der Waals surface area contributed by atoms with Gasteiger partial charge in [0.2, 0.25) is 0 Å². The molecule has 0 saturated carbocycles. The quantitative estimate of drug-likeness (QED) is 0.650. The van der Waals surface area contributed by atoms with Crippen molar-refractivity contribution in [3.05, 3.63) is 24.3 Å². The molecule has 2 aromatic rings. The summed E-state index contributed by atoms with van der Waals surface area (Å²) in [6.07, 6.45) is 4.16. The molecule has 0 fully saturated rings. The fourth-order valence-electron chi connectivity index (χ4n) is 1.37. The van der Waals surface area contributed by atoms with Crippen molar-refractivity contribution < 1.29 is 0 Å². The van der Waals surface area contributed by atoms with Crippen molar-refractivity contribution in [1.82, 2.24) is 15.0 Å². The number of pyridine rings is 1. The van der Waals surface area contributed by atoms with E-state index in [2.05, 4.69) is 15.0 Å². The maximum atomic E-state index is 5.88. The van der Waals surface area contributed by atoms with E-state index >= 15 is 0 Å². The minimum Gasteiger partial charge on any atom is -0.341 e. The summed E-state index contributed by atoms with van der Waals surface area (Å²) in [6, 6.07) is 1.76. The number of hydrogen-bond acceptors (Lipinski definition) is 4. The fourth-order valence-corrected chi connectivity index (χ4v) is 1.37. The fraction of sp³-hybridized carbons (Fsp3) is 0.333. The van der Waals surface area contributed by atoms with Crippen LogP contribution >= 0.6 is 0 Å². The number of H-pyrrole nitrogens is 1. The average molecular weight is 191 g/mol. The highest BCUT2D eigenvalue weighted by Crippen LogP contribution is 2.14. The van der Waals surface area contributed by atoms with Crippen LogP contribution in [0.1, 0.15) is 18.3 Å². The van der Waals surface area contributed by atoms with Crippen LogP contribution in [0.3, 0.4) is 0 Å². The molecule has 5 nitrogen and oxygen atoms in total. The molecule has 0 aromatic carbocycles. The van der Waals surface area contributed by atoms with E-state index in [0.717, 1.165) is 23.3 Å². The van der Waals surface area contributed by atoms with Gasteiger partial charge < -0.3 is 16.5 Å². The van der Waals surface area contributed by atoms with Gasteiger partial charge in [-0.2, -0.15) is 0 Å². The second-order valence-corrected chi connectivity index (χ2v) is 3.20. The number of nitrogens with zero attached hydrogens (tertiary/aromatic N) is 2. The number of imidazole rings is 1. The summed E-state index contributed by atoms with van der Waals surface area (Å²) in [7, 11) is 0. The van der Waals surface area contributed by atoms with Crippen LogP contribution in [0.15, 0.2) is 18.5 Å². The summed E-state index contributed by atoms with van der Waals surface area (Å²) >= 11 is 0. The Morgan fingerprint density at radius 2 is 2.36 bits per heavy atom. The number of fused-ring (bicyclic) bond motifs is 1. The standard InChI is InChI=1S/C9H13N5/c10-3-1-6(11)9-13-7-2-4-12-5-8(7)14-9/h2,4-6H,1,3,10-11H2,(H,13,14). The Labute approximate surface area is 81.5 Å². The van der Waals surface area contributed by atoms with Crippen LogP contribution in [0.2, 0.25) is 0 Å². The molecule has 5 N–H and O–H groups in total. The van der Waals surface area contributed by atoms with E-state index in [-0.39, 0.29) is 6.04 Å². The maximum absolute atomic E-state index is 5.88. The lowest BCUT2D eigenvalue weighted by molar-refractivity contribution is 0.630. The van der Waals surface area contributed by atoms with Crippen LogP contribution in [0.4, 0.5) is 0 Å². The largest absolute Gasteiger partial charge is 0.341 e. The van der Waals surface area contributed by atoms with Crippen molar-refractivity contribution >= 4 is 11.0 Å². The van der Waals surface area contributed by atoms with Crippen LogP contribution in [0.25, 0.3) is 11.0 Å². The third-order valence-electron chi connectivity index (χ3n) is 2.13. The van der Waals surface area contributed by atoms with Crippen LogP contribution in [0, 0.1) is 0 Å². The predicted octanol–water partition coefficient (Wildman–Crippen LogP) is 0.306. The number of aromatic amines is 1. The third-order valence-corrected chi connectivity index (χ3v) is 2.13. The SMILES string of the molecule is NCCC(N)c1nc2cnccc2[nH]1. The van der Waals surface area contributed by atoms with Crippen LogP contribution in [-0.4, -0.2) is 21.5 Å². The van der Waals surface area contributed by atoms with Gasteiger partial charge in [-0.15, -0.1) is 0 Å². The van der Waals surface area contributed by atoms with Gasteiger partial charge in [-0.3, -0.25) is 4.98 Å². The van der Waals surface area contributed by atoms with E-state index < -0.39 is 0 Å². The highest BCUT2D eigenvalue weighted by atomic mass is 15.0. The summed E-state index contributed by atoms with van der Waals surface area (Å²) in [5.74, 6) is 0.776. The monoisotopic (exact) mass is 191 g/mol. The number of rotatable bonds is 3. The highest BCUT2D eigenvalue weighted by molar-refractivity contribution is 5.73. The molecular formula is C9H13N5. The first-order chi connectivity index (χ1) is 6.81. The molecule has 0 aliphatic heterocycles. The summed E-state index contributed by atoms with van der Waals surface area (Å²) in [5.41, 5.74) is 13.1. The zero-order valence-electron chi connectivity index (χ0n) is 7.77. The van der Waals surface area contributed by atoms with Crippen molar-refractivity contribution in [2.24, 2.45) is 11.5 Å². The topological polar surface area (TPSA) is 93.6 Å². The Kier molecular flexibility index (Phi) is 2.43. The average Bonchev–Trinajstić information content (AvgIpc) is 2.61. The van der Waals surface area contributed by atoms with Gasteiger partial charge in [0.1, 0.15) is 11.3 Å². The van der Waals surface area contributed by atoms with E-state index in [1.807, 2.05) is 6.07 Å². The lowest BCUT2D eigenvalue weighted by Gasteiger charge is -2.04. The number of hydrogen-bond donors (Lipinski definition) is 3. The van der Waals surface area contributed by atoms with Gasteiger partial charge in [0.25, 0.3) is 0 Å². The summed E-state index contributed by atoms with van der Waals surface area (Å²) < 4.78 is 0. The molecule has 1 atom stereocenters. The van der Waals surface area contributed by atoms with E-state index in [4.69, 9.17) is 11.5 Å². The van der Waals surface area contributed by atoms with Crippen molar-refractivity contribution in [1.29, 1.82) is 0 Å². The molecule has 0 saturated heterocycles. The molecule has 2 heterocycles. The zero-order valence-corrected chi connectivity index (χ0v) is 7.77. The Morgan fingerprint density at radius 3 is 3.07 bits per heavy atom. The van der Waals surface area contributed by atoms with Crippen molar-refractivity contribution in [2.75, 3.05) is 6.54 Å². The van der Waals surface area contributed by atoms with E-state index in [1.54, 1.807) is 12.4 Å². The highest BCUT2D eigenvalue weighted by Gasteiger charge is 2.09. The first-order valence-electron chi connectivity index (χ1n) is 4.56. The number of nitrogens with one attached hydrogen (secondary N) is 1. The normalized spacial score (nSPS) is 13.3. The lowest BCUT2D eigenvalue weighted by atomic mass is 10.2. The second-order valence-electron chi connectivity index (χ2n) is 3.20. The summed E-state index contributed by atoms with van der Waals surface area (Å²) in [6.45, 7) is 0.566. The number of nitrogens with two attached hydrogens (primary N) is 2. The van der Waals surface area contributed by atoms with Gasteiger partial charge in [0, 0.05) is 6.20 Å². The molecule has 0 aliphatic rings. The van der Waals surface area contributed by atoms with Gasteiger partial charge in [-0.05, 0) is 19.0 Å². The van der Waals surface area contributed by atoms with Crippen molar-refractivity contribution in [3.63, 3.8) is 0 Å².